The van der Waals surface area contributed by atoms with Crippen LogP contribution in [0.3, 0.4) is 0 Å². The minimum atomic E-state index is -4.14. The maximum absolute atomic E-state index is 13.5. The quantitative estimate of drug-likeness (QED) is 0.255. The third kappa shape index (κ3) is 6.39. The lowest BCUT2D eigenvalue weighted by atomic mass is 10.2. The molecule has 0 fully saturated rings. The second kappa shape index (κ2) is 12.0. The van der Waals surface area contributed by atoms with Gasteiger partial charge in [-0.05, 0) is 73.2 Å². The second-order valence-corrected chi connectivity index (χ2v) is 12.5. The summed E-state index contributed by atoms with van der Waals surface area (Å²) in [7, 11) is -6.67. The van der Waals surface area contributed by atoms with Crippen molar-refractivity contribution in [2.75, 3.05) is 28.0 Å². The Morgan fingerprint density at radius 3 is 2.15 bits per heavy atom. The van der Waals surface area contributed by atoms with Crippen LogP contribution in [-0.2, 0) is 24.8 Å². The number of nitrogens with zero attached hydrogens (tertiary/aromatic N) is 1. The number of rotatable bonds is 10. The number of para-hydroxylation sites is 2. The summed E-state index contributed by atoms with van der Waals surface area (Å²) < 4.78 is 61.7. The zero-order valence-electron chi connectivity index (χ0n) is 21.5. The molecule has 0 saturated heterocycles. The molecule has 0 atom stereocenters. The second-order valence-electron chi connectivity index (χ2n) is 8.59. The van der Waals surface area contributed by atoms with Gasteiger partial charge in [-0.2, -0.15) is 0 Å². The number of carbonyl (C=O) groups excluding carboxylic acids is 1. The van der Waals surface area contributed by atoms with Gasteiger partial charge in [0.15, 0.2) is 0 Å². The molecule has 4 aromatic carbocycles. The number of benzene rings is 4. The lowest BCUT2D eigenvalue weighted by Gasteiger charge is -2.25. The zero-order valence-corrected chi connectivity index (χ0v) is 23.9. The number of anilines is 3. The zero-order chi connectivity index (χ0) is 28.9. The Hall–Kier alpha value is -4.06. The van der Waals surface area contributed by atoms with Crippen molar-refractivity contribution in [1.29, 1.82) is 0 Å². The first kappa shape index (κ1) is 28.9. The largest absolute Gasteiger partial charge is 0.495 e. The van der Waals surface area contributed by atoms with Crippen LogP contribution in [0.5, 0.6) is 5.75 Å². The summed E-state index contributed by atoms with van der Waals surface area (Å²) in [6, 6.07) is 24.6. The van der Waals surface area contributed by atoms with E-state index in [1.165, 1.54) is 43.5 Å². The fourth-order valence-corrected chi connectivity index (χ4v) is 6.58. The van der Waals surface area contributed by atoms with Crippen LogP contribution in [0, 0.1) is 6.92 Å². The molecule has 4 aromatic rings. The Morgan fingerprint density at radius 2 is 1.48 bits per heavy atom. The van der Waals surface area contributed by atoms with Gasteiger partial charge in [-0.1, -0.05) is 48.0 Å². The third-order valence-corrected chi connectivity index (χ3v) is 9.50. The predicted octanol–water partition coefficient (Wildman–Crippen LogP) is 5.29. The highest BCUT2D eigenvalue weighted by atomic mass is 35.5. The Morgan fingerprint density at radius 1 is 0.825 bits per heavy atom. The molecule has 12 heteroatoms. The third-order valence-electron chi connectivity index (χ3n) is 5.93. The standard InChI is InChI=1S/C28H26ClN3O6S2/c1-20-24(29)11-8-12-25(20)31-39(34,35)22-17-15-21(16-18-22)30-28(33)19-32(26-13-6-7-14-27(26)38-2)40(36,37)23-9-4-3-5-10-23/h3-18,31H,19H2,1-2H3,(H,30,33). The molecule has 0 aliphatic rings. The van der Waals surface area contributed by atoms with Crippen molar-refractivity contribution in [2.24, 2.45) is 0 Å². The van der Waals surface area contributed by atoms with Crippen molar-refractivity contribution in [2.45, 2.75) is 16.7 Å². The number of halogens is 1. The average molecular weight is 600 g/mol. The van der Waals surface area contributed by atoms with Crippen LogP contribution in [0.1, 0.15) is 5.56 Å². The fourth-order valence-electron chi connectivity index (χ4n) is 3.83. The smallest absolute Gasteiger partial charge is 0.264 e. The summed E-state index contributed by atoms with van der Waals surface area (Å²) in [6.07, 6.45) is 0. The minimum Gasteiger partial charge on any atom is -0.495 e. The number of amides is 1. The van der Waals surface area contributed by atoms with Gasteiger partial charge in [-0.25, -0.2) is 16.8 Å². The van der Waals surface area contributed by atoms with Crippen LogP contribution in [0.25, 0.3) is 0 Å². The maximum atomic E-state index is 13.5. The van der Waals surface area contributed by atoms with E-state index in [4.69, 9.17) is 16.3 Å². The molecule has 0 radical (unpaired) electrons. The number of hydrogen-bond acceptors (Lipinski definition) is 6. The van der Waals surface area contributed by atoms with Crippen molar-refractivity contribution in [3.63, 3.8) is 0 Å². The van der Waals surface area contributed by atoms with E-state index in [2.05, 4.69) is 10.0 Å². The highest BCUT2D eigenvalue weighted by molar-refractivity contribution is 7.93. The van der Waals surface area contributed by atoms with Gasteiger partial charge in [0.1, 0.15) is 12.3 Å². The van der Waals surface area contributed by atoms with Gasteiger partial charge < -0.3 is 10.1 Å². The van der Waals surface area contributed by atoms with Crippen molar-refractivity contribution < 1.29 is 26.4 Å². The lowest BCUT2D eigenvalue weighted by molar-refractivity contribution is -0.114. The van der Waals surface area contributed by atoms with Gasteiger partial charge in [0.05, 0.1) is 28.3 Å². The summed E-state index contributed by atoms with van der Waals surface area (Å²) in [5.74, 6) is -0.375. The van der Waals surface area contributed by atoms with Crippen molar-refractivity contribution in [3.05, 3.63) is 108 Å². The van der Waals surface area contributed by atoms with Crippen LogP contribution < -0.4 is 19.1 Å². The molecule has 9 nitrogen and oxygen atoms in total. The summed E-state index contributed by atoms with van der Waals surface area (Å²) in [5.41, 5.74) is 1.40. The van der Waals surface area contributed by atoms with Crippen LogP contribution in [0.15, 0.2) is 107 Å². The van der Waals surface area contributed by atoms with Crippen molar-refractivity contribution in [1.82, 2.24) is 0 Å². The van der Waals surface area contributed by atoms with E-state index in [1.54, 1.807) is 67.6 Å². The molecule has 0 unspecified atom stereocenters. The van der Waals surface area contributed by atoms with E-state index in [0.717, 1.165) is 4.31 Å². The van der Waals surface area contributed by atoms with Crippen LogP contribution in [-0.4, -0.2) is 36.4 Å². The molecule has 0 saturated carbocycles. The SMILES string of the molecule is COc1ccccc1N(CC(=O)Nc1ccc(S(=O)(=O)Nc2cccc(Cl)c2C)cc1)S(=O)(=O)c1ccccc1. The monoisotopic (exact) mass is 599 g/mol. The lowest BCUT2D eigenvalue weighted by Crippen LogP contribution is -2.38. The number of carbonyl (C=O) groups is 1. The fraction of sp³-hybridized carbons (Fsp3) is 0.107. The minimum absolute atomic E-state index is 0.00528. The van der Waals surface area contributed by atoms with Gasteiger partial charge in [-0.3, -0.25) is 13.8 Å². The summed E-state index contributed by atoms with van der Waals surface area (Å²) in [6.45, 7) is 1.14. The van der Waals surface area contributed by atoms with Gasteiger partial charge in [0.2, 0.25) is 5.91 Å². The highest BCUT2D eigenvalue weighted by Gasteiger charge is 2.29. The molecule has 2 N–H and O–H groups in total. The molecule has 0 spiro atoms. The molecule has 1 amide bonds. The highest BCUT2D eigenvalue weighted by Crippen LogP contribution is 2.32. The van der Waals surface area contributed by atoms with E-state index < -0.39 is 32.5 Å². The Balaban J connectivity index is 1.55. The summed E-state index contributed by atoms with van der Waals surface area (Å²) >= 11 is 6.09. The average Bonchev–Trinajstić information content (AvgIpc) is 2.95. The number of nitrogens with one attached hydrogen (secondary N) is 2. The molecule has 0 aromatic heterocycles. The number of hydrogen-bond donors (Lipinski definition) is 2. The van der Waals surface area contributed by atoms with Crippen LogP contribution >= 0.6 is 11.6 Å². The van der Waals surface area contributed by atoms with E-state index in [-0.39, 0.29) is 26.9 Å². The first-order valence-electron chi connectivity index (χ1n) is 11.9. The molecule has 40 heavy (non-hydrogen) atoms. The number of sulfonamides is 2. The first-order valence-corrected chi connectivity index (χ1v) is 15.2. The van der Waals surface area contributed by atoms with Gasteiger partial charge in [0, 0.05) is 10.7 Å². The maximum Gasteiger partial charge on any atom is 0.264 e. The normalized spacial score (nSPS) is 11.5. The van der Waals surface area contributed by atoms with E-state index >= 15 is 0 Å². The molecule has 0 heterocycles. The van der Waals surface area contributed by atoms with E-state index in [9.17, 15) is 21.6 Å². The molecule has 0 aliphatic heterocycles. The van der Waals surface area contributed by atoms with Gasteiger partial charge >= 0.3 is 0 Å². The molecule has 4 rings (SSSR count). The Labute approximate surface area is 238 Å². The van der Waals surface area contributed by atoms with E-state index in [1.807, 2.05) is 0 Å². The van der Waals surface area contributed by atoms with Crippen LogP contribution in [0.4, 0.5) is 17.1 Å². The van der Waals surface area contributed by atoms with Gasteiger partial charge in [-0.15, -0.1) is 0 Å². The summed E-state index contributed by atoms with van der Waals surface area (Å²) in [4.78, 5) is 13.0. The first-order chi connectivity index (χ1) is 19.0. The van der Waals surface area contributed by atoms with E-state index in [0.29, 0.717) is 16.3 Å². The van der Waals surface area contributed by atoms with Crippen molar-refractivity contribution in [3.8, 4) is 5.75 Å². The van der Waals surface area contributed by atoms with Crippen molar-refractivity contribution >= 4 is 54.6 Å². The molecular formula is C28H26ClN3O6S2. The number of methoxy groups -OCH3 is 1. The van der Waals surface area contributed by atoms with Gasteiger partial charge in [0.25, 0.3) is 20.0 Å². The molecule has 208 valence electrons. The summed E-state index contributed by atoms with van der Waals surface area (Å²) in [5, 5.41) is 3.06. The number of ether oxygens (including phenoxy) is 1. The molecule has 0 aliphatic carbocycles. The Bertz CT molecular complexity index is 1730. The molecule has 0 bridgehead atoms. The predicted molar refractivity (Wildman–Crippen MR) is 156 cm³/mol. The molecular weight excluding hydrogens is 574 g/mol. The Kier molecular flexibility index (Phi) is 8.67. The van der Waals surface area contributed by atoms with Crippen LogP contribution in [0.2, 0.25) is 5.02 Å². The topological polar surface area (TPSA) is 122 Å².